The highest BCUT2D eigenvalue weighted by Crippen LogP contribution is 2.10. The van der Waals surface area contributed by atoms with Gasteiger partial charge in [0.2, 0.25) is 5.91 Å². The molecule has 0 aliphatic carbocycles. The number of rotatable bonds is 13. The molecule has 0 heterocycles. The molecule has 3 N–H and O–H groups in total. The maximum atomic E-state index is 11.4. The van der Waals surface area contributed by atoms with Crippen molar-refractivity contribution in [2.75, 3.05) is 18.5 Å². The van der Waals surface area contributed by atoms with Gasteiger partial charge in [-0.15, -0.1) is 0 Å². The van der Waals surface area contributed by atoms with Gasteiger partial charge in [0, 0.05) is 11.8 Å². The maximum absolute atomic E-state index is 11.4. The van der Waals surface area contributed by atoms with Gasteiger partial charge in [0.05, 0.1) is 19.3 Å². The number of aliphatic hydroxyl groups is 2. The third kappa shape index (κ3) is 12.6. The lowest BCUT2D eigenvalue weighted by molar-refractivity contribution is -0.122. The fourth-order valence-corrected chi connectivity index (χ4v) is 2.29. The number of carbonyl (C=O) groups is 1. The first kappa shape index (κ1) is 18.9. The van der Waals surface area contributed by atoms with Crippen molar-refractivity contribution in [2.24, 2.45) is 0 Å². The van der Waals surface area contributed by atoms with E-state index in [-0.39, 0.29) is 19.1 Å². The average Bonchev–Trinajstić information content (AvgIpc) is 2.43. The summed E-state index contributed by atoms with van der Waals surface area (Å²) < 4.78 is 0. The van der Waals surface area contributed by atoms with E-state index in [0.29, 0.717) is 6.42 Å². The lowest BCUT2D eigenvalue weighted by Gasteiger charge is -2.12. The van der Waals surface area contributed by atoms with Crippen LogP contribution in [-0.4, -0.2) is 40.7 Å². The van der Waals surface area contributed by atoms with Gasteiger partial charge < -0.3 is 15.5 Å². The largest absolute Gasteiger partial charge is 0.394 e. The Hall–Kier alpha value is -0.130. The number of hydrogen-bond donors (Lipinski definition) is 3. The van der Waals surface area contributed by atoms with Crippen LogP contribution in [0.25, 0.3) is 0 Å². The summed E-state index contributed by atoms with van der Waals surface area (Å²) in [5, 5.41) is 21.4. The van der Waals surface area contributed by atoms with Crippen LogP contribution in [0.5, 0.6) is 0 Å². The van der Waals surface area contributed by atoms with E-state index in [9.17, 15) is 4.79 Å². The van der Waals surface area contributed by atoms with Crippen molar-refractivity contribution in [1.29, 1.82) is 0 Å². The summed E-state index contributed by atoms with van der Waals surface area (Å²) in [5.41, 5.74) is 0. The van der Waals surface area contributed by atoms with Gasteiger partial charge in [-0.2, -0.15) is 0 Å². The summed E-state index contributed by atoms with van der Waals surface area (Å²) in [6.07, 6.45) is 10.0. The SMILES string of the molecule is O=C(CCCCCCCCCCBr)NC(CO)CO. The minimum Gasteiger partial charge on any atom is -0.394 e. The molecule has 0 fully saturated rings. The number of alkyl halides is 1. The molecule has 0 spiro atoms. The van der Waals surface area contributed by atoms with Gasteiger partial charge in [-0.05, 0) is 12.8 Å². The van der Waals surface area contributed by atoms with Crippen molar-refractivity contribution in [2.45, 2.75) is 63.8 Å². The Kier molecular flexibility index (Phi) is 14.2. The van der Waals surface area contributed by atoms with E-state index in [4.69, 9.17) is 10.2 Å². The Labute approximate surface area is 125 Å². The maximum Gasteiger partial charge on any atom is 0.220 e. The second-order valence-corrected chi connectivity index (χ2v) is 5.69. The molecular formula is C14H28BrNO3. The quantitative estimate of drug-likeness (QED) is 0.357. The smallest absolute Gasteiger partial charge is 0.220 e. The van der Waals surface area contributed by atoms with Gasteiger partial charge in [0.15, 0.2) is 0 Å². The number of halogens is 1. The van der Waals surface area contributed by atoms with Gasteiger partial charge in [-0.1, -0.05) is 54.5 Å². The zero-order valence-corrected chi connectivity index (χ0v) is 13.3. The van der Waals surface area contributed by atoms with E-state index in [0.717, 1.165) is 18.2 Å². The van der Waals surface area contributed by atoms with E-state index >= 15 is 0 Å². The first-order chi connectivity index (χ1) is 9.24. The molecule has 0 saturated heterocycles. The second-order valence-electron chi connectivity index (χ2n) is 4.90. The van der Waals surface area contributed by atoms with Crippen molar-refractivity contribution < 1.29 is 15.0 Å². The average molecular weight is 338 g/mol. The van der Waals surface area contributed by atoms with Crippen LogP contribution in [-0.2, 0) is 4.79 Å². The molecule has 114 valence electrons. The van der Waals surface area contributed by atoms with Crippen LogP contribution in [0.3, 0.4) is 0 Å². The summed E-state index contributed by atoms with van der Waals surface area (Å²) in [5.74, 6) is -0.0783. The molecule has 0 rings (SSSR count). The van der Waals surface area contributed by atoms with Gasteiger partial charge in [-0.3, -0.25) is 4.79 Å². The summed E-state index contributed by atoms with van der Waals surface area (Å²) >= 11 is 3.42. The van der Waals surface area contributed by atoms with Crippen molar-refractivity contribution in [3.8, 4) is 0 Å². The summed E-state index contributed by atoms with van der Waals surface area (Å²) in [7, 11) is 0. The van der Waals surface area contributed by atoms with E-state index < -0.39 is 6.04 Å². The molecule has 0 aliphatic heterocycles. The minimum atomic E-state index is -0.512. The van der Waals surface area contributed by atoms with Gasteiger partial charge >= 0.3 is 0 Å². The summed E-state index contributed by atoms with van der Waals surface area (Å²) in [6, 6.07) is -0.512. The fourth-order valence-electron chi connectivity index (χ4n) is 1.89. The summed E-state index contributed by atoms with van der Waals surface area (Å²) in [4.78, 5) is 11.4. The topological polar surface area (TPSA) is 69.6 Å². The van der Waals surface area contributed by atoms with Crippen LogP contribution in [0.2, 0.25) is 0 Å². The predicted molar refractivity (Wildman–Crippen MR) is 81.4 cm³/mol. The molecule has 0 bridgehead atoms. The molecule has 0 radical (unpaired) electrons. The molecule has 0 aromatic rings. The zero-order chi connectivity index (χ0) is 14.3. The van der Waals surface area contributed by atoms with Gasteiger partial charge in [0.1, 0.15) is 0 Å². The summed E-state index contributed by atoms with van der Waals surface area (Å²) in [6.45, 7) is -0.423. The molecule has 4 nitrogen and oxygen atoms in total. The number of nitrogens with one attached hydrogen (secondary N) is 1. The molecule has 1 amide bonds. The first-order valence-corrected chi connectivity index (χ1v) is 8.43. The second kappa shape index (κ2) is 14.3. The van der Waals surface area contributed by atoms with Crippen LogP contribution in [0.15, 0.2) is 0 Å². The number of aliphatic hydroxyl groups excluding tert-OH is 2. The molecule has 0 aromatic heterocycles. The number of hydrogen-bond acceptors (Lipinski definition) is 3. The predicted octanol–water partition coefficient (Wildman–Crippen LogP) is 2.36. The van der Waals surface area contributed by atoms with Crippen molar-refractivity contribution in [3.63, 3.8) is 0 Å². The molecule has 5 heteroatoms. The highest BCUT2D eigenvalue weighted by Gasteiger charge is 2.09. The van der Waals surface area contributed by atoms with E-state index in [1.807, 2.05) is 0 Å². The molecule has 0 atom stereocenters. The molecular weight excluding hydrogens is 310 g/mol. The van der Waals surface area contributed by atoms with Crippen LogP contribution >= 0.6 is 15.9 Å². The van der Waals surface area contributed by atoms with Gasteiger partial charge in [-0.25, -0.2) is 0 Å². The number of amides is 1. The molecule has 19 heavy (non-hydrogen) atoms. The Morgan fingerprint density at radius 3 is 1.84 bits per heavy atom. The number of carbonyl (C=O) groups excluding carboxylic acids is 1. The molecule has 0 saturated carbocycles. The van der Waals surface area contributed by atoms with Crippen LogP contribution < -0.4 is 5.32 Å². The Bertz CT molecular complexity index is 211. The lowest BCUT2D eigenvalue weighted by atomic mass is 10.1. The molecule has 0 unspecified atom stereocenters. The van der Waals surface area contributed by atoms with Crippen molar-refractivity contribution >= 4 is 21.8 Å². The molecule has 0 aliphatic rings. The Morgan fingerprint density at radius 2 is 1.37 bits per heavy atom. The van der Waals surface area contributed by atoms with Crippen LogP contribution in [0.4, 0.5) is 0 Å². The van der Waals surface area contributed by atoms with E-state index in [1.54, 1.807) is 0 Å². The monoisotopic (exact) mass is 337 g/mol. The third-order valence-electron chi connectivity index (χ3n) is 3.09. The van der Waals surface area contributed by atoms with Crippen LogP contribution in [0, 0.1) is 0 Å². The third-order valence-corrected chi connectivity index (χ3v) is 3.65. The highest BCUT2D eigenvalue weighted by molar-refractivity contribution is 9.09. The Morgan fingerprint density at radius 1 is 0.895 bits per heavy atom. The van der Waals surface area contributed by atoms with Gasteiger partial charge in [0.25, 0.3) is 0 Å². The normalized spacial score (nSPS) is 10.9. The minimum absolute atomic E-state index is 0.0783. The van der Waals surface area contributed by atoms with Crippen LogP contribution in [0.1, 0.15) is 57.8 Å². The zero-order valence-electron chi connectivity index (χ0n) is 11.7. The number of unbranched alkanes of at least 4 members (excludes halogenated alkanes) is 7. The highest BCUT2D eigenvalue weighted by atomic mass is 79.9. The van der Waals surface area contributed by atoms with E-state index in [1.165, 1.54) is 38.5 Å². The first-order valence-electron chi connectivity index (χ1n) is 7.31. The van der Waals surface area contributed by atoms with E-state index in [2.05, 4.69) is 21.2 Å². The lowest BCUT2D eigenvalue weighted by Crippen LogP contribution is -2.39. The Balaban J connectivity index is 3.27. The van der Waals surface area contributed by atoms with Crippen molar-refractivity contribution in [3.05, 3.63) is 0 Å². The standard InChI is InChI=1S/C14H28BrNO3/c15-10-8-6-4-2-1-3-5-7-9-14(19)16-13(11-17)12-18/h13,17-18H,1-12H2,(H,16,19). The van der Waals surface area contributed by atoms with Crippen molar-refractivity contribution in [1.82, 2.24) is 5.32 Å². The molecule has 0 aromatic carbocycles. The fraction of sp³-hybridized carbons (Fsp3) is 0.929.